The van der Waals surface area contributed by atoms with Gasteiger partial charge in [0.15, 0.2) is 0 Å². The number of nitrogens with two attached hydrogens (primary N) is 1. The normalized spacial score (nSPS) is 21.8. The van der Waals surface area contributed by atoms with Gasteiger partial charge < -0.3 is 32.4 Å². The van der Waals surface area contributed by atoms with E-state index in [1.54, 1.807) is 30.3 Å². The fraction of sp³-hybridized carbons (Fsp3) is 0.231. The number of methoxy groups -OCH3 is 1. The van der Waals surface area contributed by atoms with Gasteiger partial charge in [-0.1, -0.05) is 18.2 Å². The highest BCUT2D eigenvalue weighted by Crippen LogP contribution is 2.41. The molecule has 1 aliphatic heterocycles. The predicted molar refractivity (Wildman–Crippen MR) is 65.6 cm³/mol. The Kier molecular flexibility index (Phi) is 4.42. The molecule has 0 saturated carbocycles. The summed E-state index contributed by atoms with van der Waals surface area (Å²) in [6.07, 6.45) is 0. The molecule has 1 aromatic rings. The first-order chi connectivity index (χ1) is 8.94. The lowest BCUT2D eigenvalue weighted by molar-refractivity contribution is -0.275. The number of benzene rings is 1. The summed E-state index contributed by atoms with van der Waals surface area (Å²) in [5.41, 5.74) is 5.53. The molecule has 1 heterocycles. The molecule has 1 atom stereocenters. The van der Waals surface area contributed by atoms with E-state index >= 15 is 0 Å². The van der Waals surface area contributed by atoms with E-state index in [9.17, 15) is 14.7 Å². The lowest BCUT2D eigenvalue weighted by Gasteiger charge is -2.31. The van der Waals surface area contributed by atoms with Crippen LogP contribution >= 0.6 is 0 Å². The van der Waals surface area contributed by atoms with E-state index in [0.29, 0.717) is 5.56 Å². The molecule has 3 N–H and O–H groups in total. The number of rotatable bonds is 2. The van der Waals surface area contributed by atoms with Crippen molar-refractivity contribution in [2.24, 2.45) is 5.73 Å². The Morgan fingerprint density at radius 3 is 2.40 bits per heavy atom. The lowest BCUT2D eigenvalue weighted by atomic mass is 10.0. The topological polar surface area (TPSA) is 92.3 Å². The van der Waals surface area contributed by atoms with Gasteiger partial charge in [-0.25, -0.2) is 4.79 Å². The quantitative estimate of drug-likeness (QED) is 0.344. The SMILES string of the molecule is COC(=O)C1=C(N)C(O)(c2ccccc2)[O+](C)C1=O.[Cl-]. The summed E-state index contributed by atoms with van der Waals surface area (Å²) in [4.78, 5) is 23.6. The van der Waals surface area contributed by atoms with Gasteiger partial charge in [-0.05, 0) is 12.1 Å². The zero-order valence-electron chi connectivity index (χ0n) is 10.9. The summed E-state index contributed by atoms with van der Waals surface area (Å²) < 4.78 is 6.45. The van der Waals surface area contributed by atoms with Crippen LogP contribution in [0.1, 0.15) is 5.56 Å². The van der Waals surface area contributed by atoms with Crippen molar-refractivity contribution in [2.45, 2.75) is 5.79 Å². The van der Waals surface area contributed by atoms with Gasteiger partial charge in [0.2, 0.25) is 5.57 Å². The zero-order valence-corrected chi connectivity index (χ0v) is 11.7. The lowest BCUT2D eigenvalue weighted by Crippen LogP contribution is -3.00. The number of aliphatic hydroxyl groups is 1. The van der Waals surface area contributed by atoms with E-state index in [2.05, 4.69) is 4.74 Å². The molecule has 7 heteroatoms. The molecular formula is C13H14ClNO5. The summed E-state index contributed by atoms with van der Waals surface area (Å²) in [6.45, 7) is 0. The number of cyclic esters (lactones) is 1. The Labute approximate surface area is 121 Å². The summed E-state index contributed by atoms with van der Waals surface area (Å²) in [7, 11) is 2.43. The van der Waals surface area contributed by atoms with Gasteiger partial charge in [0.25, 0.3) is 0 Å². The molecule has 20 heavy (non-hydrogen) atoms. The van der Waals surface area contributed by atoms with Crippen LogP contribution in [0, 0.1) is 0 Å². The first kappa shape index (κ1) is 16.0. The maximum atomic E-state index is 12.0. The molecular weight excluding hydrogens is 286 g/mol. The van der Waals surface area contributed by atoms with Crippen molar-refractivity contribution in [1.82, 2.24) is 0 Å². The van der Waals surface area contributed by atoms with Crippen molar-refractivity contribution >= 4 is 11.9 Å². The molecule has 0 bridgehead atoms. The molecule has 6 nitrogen and oxygen atoms in total. The van der Waals surface area contributed by atoms with Gasteiger partial charge in [0, 0.05) is 4.79 Å². The van der Waals surface area contributed by atoms with Crippen molar-refractivity contribution in [2.75, 3.05) is 14.2 Å². The van der Waals surface area contributed by atoms with Crippen molar-refractivity contribution in [3.63, 3.8) is 0 Å². The predicted octanol–water partition coefficient (Wildman–Crippen LogP) is -3.06. The van der Waals surface area contributed by atoms with Crippen LogP contribution in [0.4, 0.5) is 0 Å². The number of carbonyl (C=O) groups is 2. The van der Waals surface area contributed by atoms with Crippen molar-refractivity contribution in [3.05, 3.63) is 47.2 Å². The maximum Gasteiger partial charge on any atom is 0.563 e. The van der Waals surface area contributed by atoms with Crippen LogP contribution in [0.25, 0.3) is 0 Å². The van der Waals surface area contributed by atoms with E-state index in [1.807, 2.05) is 4.37 Å². The van der Waals surface area contributed by atoms with Crippen LogP contribution in [0.3, 0.4) is 0 Å². The van der Waals surface area contributed by atoms with Crippen molar-refractivity contribution in [3.8, 4) is 0 Å². The second-order valence-corrected chi connectivity index (χ2v) is 4.09. The molecule has 0 saturated heterocycles. The molecule has 0 aliphatic carbocycles. The second-order valence-electron chi connectivity index (χ2n) is 4.09. The van der Waals surface area contributed by atoms with Crippen LogP contribution < -0.4 is 18.1 Å². The Balaban J connectivity index is 0.00000200. The first-order valence-corrected chi connectivity index (χ1v) is 5.51. The third-order valence-electron chi connectivity index (χ3n) is 3.11. The van der Waals surface area contributed by atoms with Gasteiger partial charge in [-0.3, -0.25) is 0 Å². The van der Waals surface area contributed by atoms with E-state index < -0.39 is 17.7 Å². The van der Waals surface area contributed by atoms with Crippen LogP contribution in [-0.4, -0.2) is 31.3 Å². The van der Waals surface area contributed by atoms with Gasteiger partial charge >= 0.3 is 17.7 Å². The molecule has 0 radical (unpaired) electrons. The van der Waals surface area contributed by atoms with Crippen LogP contribution in [0.15, 0.2) is 41.6 Å². The number of hydrogen-bond donors (Lipinski definition) is 2. The molecule has 2 rings (SSSR count). The van der Waals surface area contributed by atoms with Crippen molar-refractivity contribution < 1.29 is 36.2 Å². The van der Waals surface area contributed by atoms with Crippen LogP contribution in [0.5, 0.6) is 0 Å². The van der Waals surface area contributed by atoms with Gasteiger partial charge in [0.1, 0.15) is 12.8 Å². The Morgan fingerprint density at radius 2 is 1.90 bits per heavy atom. The largest absolute Gasteiger partial charge is 1.00 e. The molecule has 0 amide bonds. The summed E-state index contributed by atoms with van der Waals surface area (Å²) in [5.74, 6) is -3.55. The highest BCUT2D eigenvalue weighted by Gasteiger charge is 2.58. The smallest absolute Gasteiger partial charge is 0.563 e. The molecule has 0 spiro atoms. The summed E-state index contributed by atoms with van der Waals surface area (Å²) in [5, 5.41) is 10.7. The minimum absolute atomic E-state index is 0. The highest BCUT2D eigenvalue weighted by atomic mass is 35.5. The summed E-state index contributed by atoms with van der Waals surface area (Å²) in [6, 6.07) is 8.34. The zero-order chi connectivity index (χ0) is 14.2. The highest BCUT2D eigenvalue weighted by molar-refractivity contribution is 6.17. The molecule has 0 fully saturated rings. The molecule has 0 aromatic heterocycles. The van der Waals surface area contributed by atoms with Gasteiger partial charge in [-0.2, -0.15) is 0 Å². The first-order valence-electron chi connectivity index (χ1n) is 5.51. The minimum atomic E-state index is -1.91. The standard InChI is InChI=1S/C13H13NO5.ClH/c1-18-11(15)9-10(14)13(17,19(2)12(9)16)8-6-4-3-5-7-8;/h3-7,17H,1-2H3,(H-,14,15,16);1H. The molecule has 1 aromatic carbocycles. The average Bonchev–Trinajstić information content (AvgIpc) is 2.61. The van der Waals surface area contributed by atoms with Gasteiger partial charge in [-0.15, -0.1) is 0 Å². The van der Waals surface area contributed by atoms with Crippen LogP contribution in [0.2, 0.25) is 0 Å². The fourth-order valence-corrected chi connectivity index (χ4v) is 2.02. The third kappa shape index (κ3) is 2.03. The Bertz CT molecular complexity index is 571. The molecule has 1 aliphatic rings. The van der Waals surface area contributed by atoms with E-state index in [0.717, 1.165) is 7.11 Å². The molecule has 1 unspecified atom stereocenters. The van der Waals surface area contributed by atoms with Gasteiger partial charge in [0.05, 0.1) is 12.7 Å². The monoisotopic (exact) mass is 299 g/mol. The van der Waals surface area contributed by atoms with E-state index in [-0.39, 0.29) is 23.7 Å². The number of ether oxygens (including phenoxy) is 1. The van der Waals surface area contributed by atoms with E-state index in [4.69, 9.17) is 5.73 Å². The molecule has 108 valence electrons. The number of esters is 1. The second kappa shape index (κ2) is 5.52. The number of halogens is 1. The fourth-order valence-electron chi connectivity index (χ4n) is 2.02. The summed E-state index contributed by atoms with van der Waals surface area (Å²) >= 11 is 0. The number of hydrogen-bond acceptors (Lipinski definition) is 5. The maximum absolute atomic E-state index is 12.0. The number of carbonyl (C=O) groups excluding carboxylic acids is 2. The third-order valence-corrected chi connectivity index (χ3v) is 3.11. The van der Waals surface area contributed by atoms with Crippen molar-refractivity contribution in [1.29, 1.82) is 0 Å². The Hall–Kier alpha value is -2.05. The van der Waals surface area contributed by atoms with Crippen LogP contribution in [-0.2, 0) is 24.5 Å². The minimum Gasteiger partial charge on any atom is -1.00 e. The van der Waals surface area contributed by atoms with E-state index in [1.165, 1.54) is 7.11 Å². The average molecular weight is 300 g/mol. The Morgan fingerprint density at radius 1 is 1.35 bits per heavy atom.